The number of unbranched alkanes of at least 4 members (excludes halogenated alkanes) is 1. The van der Waals surface area contributed by atoms with Crippen LogP contribution >= 0.6 is 11.8 Å². The first-order chi connectivity index (χ1) is 15.0. The smallest absolute Gasteiger partial charge is 0.329 e. The normalized spacial score (nSPS) is 15.8. The third-order valence-corrected chi connectivity index (χ3v) is 6.68. The number of methoxy groups -OCH3 is 2. The molecule has 1 aliphatic heterocycles. The molecule has 0 spiro atoms. The summed E-state index contributed by atoms with van der Waals surface area (Å²) in [5, 5.41) is 8.87. The van der Waals surface area contributed by atoms with Crippen molar-refractivity contribution < 1.29 is 24.1 Å². The largest absolute Gasteiger partial charge is 0.497 e. The van der Waals surface area contributed by atoms with Crippen LogP contribution in [-0.4, -0.2) is 44.2 Å². The highest BCUT2D eigenvalue weighted by Crippen LogP contribution is 2.44. The fraction of sp³-hybridized carbons (Fsp3) is 0.458. The summed E-state index contributed by atoms with van der Waals surface area (Å²) in [5.74, 6) is 2.17. The minimum Gasteiger partial charge on any atom is -0.497 e. The lowest BCUT2D eigenvalue weighted by Crippen LogP contribution is -2.25. The van der Waals surface area contributed by atoms with Gasteiger partial charge in [-0.25, -0.2) is 4.79 Å². The molecule has 6 nitrogen and oxygen atoms in total. The van der Waals surface area contributed by atoms with E-state index in [2.05, 4.69) is 30.0 Å². The minimum absolute atomic E-state index is 0.200. The Hall–Kier alpha value is -2.38. The monoisotopic (exact) mass is 445 g/mol. The molecule has 7 heteroatoms. The van der Waals surface area contributed by atoms with Crippen LogP contribution in [0, 0.1) is 5.92 Å². The Bertz CT molecular complexity index is 871. The molecule has 0 fully saturated rings. The predicted molar refractivity (Wildman–Crippen MR) is 124 cm³/mol. The van der Waals surface area contributed by atoms with Crippen LogP contribution in [-0.2, 0) is 16.1 Å². The molecule has 0 amide bonds. The molecule has 0 bridgehead atoms. The molecule has 2 aromatic carbocycles. The van der Waals surface area contributed by atoms with Gasteiger partial charge >= 0.3 is 5.97 Å². The van der Waals surface area contributed by atoms with Crippen molar-refractivity contribution in [1.29, 1.82) is 0 Å². The molecule has 1 atom stereocenters. The lowest BCUT2D eigenvalue weighted by Gasteiger charge is -2.28. The van der Waals surface area contributed by atoms with E-state index >= 15 is 0 Å². The molecule has 0 aliphatic carbocycles. The van der Waals surface area contributed by atoms with E-state index in [1.807, 2.05) is 30.0 Å². The number of carboxylic acids is 1. The summed E-state index contributed by atoms with van der Waals surface area (Å²) in [7, 11) is 3.31. The lowest BCUT2D eigenvalue weighted by molar-refractivity contribution is -0.142. The van der Waals surface area contributed by atoms with Gasteiger partial charge in [0.05, 0.1) is 26.5 Å². The molecular formula is C24H31NO5S. The zero-order valence-corrected chi connectivity index (χ0v) is 19.2. The Morgan fingerprint density at radius 2 is 1.97 bits per heavy atom. The first-order valence-electron chi connectivity index (χ1n) is 10.6. The number of benzene rings is 2. The second-order valence-corrected chi connectivity index (χ2v) is 8.71. The van der Waals surface area contributed by atoms with E-state index in [4.69, 9.17) is 19.3 Å². The zero-order chi connectivity index (χ0) is 22.2. The van der Waals surface area contributed by atoms with E-state index in [1.165, 1.54) is 19.3 Å². The molecule has 0 saturated heterocycles. The number of rotatable bonds is 10. The summed E-state index contributed by atoms with van der Waals surface area (Å²) >= 11 is 1.85. The van der Waals surface area contributed by atoms with Gasteiger partial charge in [0.15, 0.2) is 0 Å². The standard InChI is InChI=1S/C24H31NO5S/c1-4-5-6-17-13-25(19-7-9-20(28-2)10-8-19)21-12-22(29-3)18(11-23(21)31-16-17)14-30-15-24(26)27/h7-12,17H,4-6,13-16H2,1-3H3,(H,26,27). The van der Waals surface area contributed by atoms with Gasteiger partial charge in [-0.05, 0) is 42.7 Å². The van der Waals surface area contributed by atoms with Crippen LogP contribution in [0.1, 0.15) is 31.7 Å². The number of anilines is 2. The van der Waals surface area contributed by atoms with Crippen molar-refractivity contribution in [2.75, 3.05) is 38.0 Å². The maximum absolute atomic E-state index is 10.8. The summed E-state index contributed by atoms with van der Waals surface area (Å²) in [6, 6.07) is 12.3. The first kappa shape index (κ1) is 23.3. The van der Waals surface area contributed by atoms with Crippen LogP contribution in [0.15, 0.2) is 41.3 Å². The highest BCUT2D eigenvalue weighted by atomic mass is 32.2. The van der Waals surface area contributed by atoms with E-state index in [9.17, 15) is 4.79 Å². The quantitative estimate of drug-likeness (QED) is 0.528. The van der Waals surface area contributed by atoms with Gasteiger partial charge in [0.1, 0.15) is 18.1 Å². The van der Waals surface area contributed by atoms with Crippen molar-refractivity contribution in [2.24, 2.45) is 5.92 Å². The summed E-state index contributed by atoms with van der Waals surface area (Å²) in [6.07, 6.45) is 3.60. The number of ether oxygens (including phenoxy) is 3. The van der Waals surface area contributed by atoms with Crippen LogP contribution in [0.3, 0.4) is 0 Å². The number of carboxylic acid groups (broad SMARTS) is 1. The number of nitrogens with zero attached hydrogens (tertiary/aromatic N) is 1. The van der Waals surface area contributed by atoms with Crippen LogP contribution in [0.25, 0.3) is 0 Å². The van der Waals surface area contributed by atoms with Crippen molar-refractivity contribution in [3.05, 3.63) is 42.0 Å². The van der Waals surface area contributed by atoms with E-state index in [0.717, 1.165) is 39.9 Å². The maximum atomic E-state index is 10.8. The van der Waals surface area contributed by atoms with Gasteiger partial charge in [0.2, 0.25) is 0 Å². The molecular weight excluding hydrogens is 414 g/mol. The Kier molecular flexibility index (Phi) is 8.49. The highest BCUT2D eigenvalue weighted by molar-refractivity contribution is 7.99. The molecule has 1 heterocycles. The summed E-state index contributed by atoms with van der Waals surface area (Å²) in [5.41, 5.74) is 3.08. The van der Waals surface area contributed by atoms with Crippen molar-refractivity contribution in [3.63, 3.8) is 0 Å². The van der Waals surface area contributed by atoms with Crippen LogP contribution in [0.5, 0.6) is 11.5 Å². The third-order valence-electron chi connectivity index (χ3n) is 5.40. The van der Waals surface area contributed by atoms with Crippen molar-refractivity contribution in [2.45, 2.75) is 37.7 Å². The lowest BCUT2D eigenvalue weighted by atomic mass is 10.0. The van der Waals surface area contributed by atoms with Crippen LogP contribution < -0.4 is 14.4 Å². The van der Waals surface area contributed by atoms with Crippen LogP contribution in [0.2, 0.25) is 0 Å². The van der Waals surface area contributed by atoms with Gasteiger partial charge in [-0.3, -0.25) is 0 Å². The number of hydrogen-bond acceptors (Lipinski definition) is 6. The summed E-state index contributed by atoms with van der Waals surface area (Å²) < 4.78 is 16.3. The molecule has 1 unspecified atom stereocenters. The number of carbonyl (C=O) groups is 1. The van der Waals surface area contributed by atoms with E-state index in [0.29, 0.717) is 11.7 Å². The Morgan fingerprint density at radius 3 is 2.61 bits per heavy atom. The van der Waals surface area contributed by atoms with Gasteiger partial charge in [-0.15, -0.1) is 11.8 Å². The molecule has 0 aromatic heterocycles. The number of fused-ring (bicyclic) bond motifs is 1. The van der Waals surface area contributed by atoms with Crippen molar-refractivity contribution >= 4 is 29.1 Å². The number of hydrogen-bond donors (Lipinski definition) is 1. The van der Waals surface area contributed by atoms with Gasteiger partial charge < -0.3 is 24.2 Å². The maximum Gasteiger partial charge on any atom is 0.329 e. The number of aliphatic carboxylic acids is 1. The molecule has 3 rings (SSSR count). The van der Waals surface area contributed by atoms with Gasteiger partial charge in [0.25, 0.3) is 0 Å². The average Bonchev–Trinajstić information content (AvgIpc) is 2.96. The van der Waals surface area contributed by atoms with Crippen molar-refractivity contribution in [1.82, 2.24) is 0 Å². The highest BCUT2D eigenvalue weighted by Gasteiger charge is 2.25. The predicted octanol–water partition coefficient (Wildman–Crippen LogP) is 5.36. The van der Waals surface area contributed by atoms with E-state index < -0.39 is 5.97 Å². The van der Waals surface area contributed by atoms with Gasteiger partial charge in [0, 0.05) is 34.5 Å². The second-order valence-electron chi connectivity index (χ2n) is 7.65. The molecule has 168 valence electrons. The average molecular weight is 446 g/mol. The second kappa shape index (κ2) is 11.3. The SMILES string of the molecule is CCCCC1CSc2cc(COCC(=O)O)c(OC)cc2N(c2ccc(OC)cc2)C1. The Labute approximate surface area is 188 Å². The molecule has 31 heavy (non-hydrogen) atoms. The third kappa shape index (κ3) is 6.08. The van der Waals surface area contributed by atoms with Gasteiger partial charge in [-0.1, -0.05) is 19.8 Å². The molecule has 0 radical (unpaired) electrons. The molecule has 1 N–H and O–H groups in total. The zero-order valence-electron chi connectivity index (χ0n) is 18.4. The van der Waals surface area contributed by atoms with E-state index in [-0.39, 0.29) is 13.2 Å². The molecule has 1 aliphatic rings. The fourth-order valence-corrected chi connectivity index (χ4v) is 4.99. The topological polar surface area (TPSA) is 68.2 Å². The Balaban J connectivity index is 1.96. The van der Waals surface area contributed by atoms with Crippen molar-refractivity contribution in [3.8, 4) is 11.5 Å². The molecule has 0 saturated carbocycles. The summed E-state index contributed by atoms with van der Waals surface area (Å²) in [6.45, 7) is 3.04. The Morgan fingerprint density at radius 1 is 1.19 bits per heavy atom. The first-order valence-corrected chi connectivity index (χ1v) is 11.6. The van der Waals surface area contributed by atoms with E-state index in [1.54, 1.807) is 14.2 Å². The van der Waals surface area contributed by atoms with Crippen LogP contribution in [0.4, 0.5) is 11.4 Å². The minimum atomic E-state index is -0.979. The number of thioether (sulfide) groups is 1. The fourth-order valence-electron chi connectivity index (χ4n) is 3.76. The summed E-state index contributed by atoms with van der Waals surface area (Å²) in [4.78, 5) is 14.3. The van der Waals surface area contributed by atoms with Gasteiger partial charge in [-0.2, -0.15) is 0 Å². The molecule has 2 aromatic rings.